The smallest absolute Gasteiger partial charge is 0.330 e. The fourth-order valence-corrected chi connectivity index (χ4v) is 2.62. The summed E-state index contributed by atoms with van der Waals surface area (Å²) in [6.45, 7) is 0. The Labute approximate surface area is 150 Å². The van der Waals surface area contributed by atoms with Gasteiger partial charge in [-0.3, -0.25) is 0 Å². The van der Waals surface area contributed by atoms with Gasteiger partial charge in [0.2, 0.25) is 0 Å². The van der Waals surface area contributed by atoms with Gasteiger partial charge in [0.1, 0.15) is 5.76 Å². The van der Waals surface area contributed by atoms with Gasteiger partial charge in [-0.25, -0.2) is 4.79 Å². The molecule has 0 saturated carbocycles. The van der Waals surface area contributed by atoms with Crippen LogP contribution in [-0.2, 0) is 9.53 Å². The maximum absolute atomic E-state index is 11.2. The number of fused-ring (bicyclic) bond motifs is 1. The molecule has 0 aliphatic rings. The SMILES string of the molecule is COC(=O)/C=C/c1cc(O)c2oc(-c3ccc(OC)c(OC)c3)cc2c1. The van der Waals surface area contributed by atoms with Gasteiger partial charge in [0, 0.05) is 17.0 Å². The lowest BCUT2D eigenvalue weighted by molar-refractivity contribution is -0.134. The van der Waals surface area contributed by atoms with Crippen molar-refractivity contribution in [3.05, 3.63) is 48.0 Å². The zero-order valence-electron chi connectivity index (χ0n) is 14.6. The number of rotatable bonds is 5. The molecule has 26 heavy (non-hydrogen) atoms. The van der Waals surface area contributed by atoms with Crippen LogP contribution < -0.4 is 9.47 Å². The number of phenols is 1. The third-order valence-electron chi connectivity index (χ3n) is 3.90. The molecule has 134 valence electrons. The number of esters is 1. The molecule has 6 nitrogen and oxygen atoms in total. The first-order valence-corrected chi connectivity index (χ1v) is 7.80. The van der Waals surface area contributed by atoms with E-state index < -0.39 is 5.97 Å². The standard InChI is InChI=1S/C20H18O6/c1-23-16-6-5-13(10-18(16)24-2)17-11-14-8-12(4-7-19(22)25-3)9-15(21)20(14)26-17/h4-11,21H,1-3H3/b7-4+. The van der Waals surface area contributed by atoms with Gasteiger partial charge in [0.25, 0.3) is 0 Å². The molecule has 0 amide bonds. The van der Waals surface area contributed by atoms with Crippen LogP contribution in [-0.4, -0.2) is 32.4 Å². The van der Waals surface area contributed by atoms with E-state index in [0.717, 1.165) is 5.56 Å². The van der Waals surface area contributed by atoms with Crippen LogP contribution in [0.5, 0.6) is 17.2 Å². The van der Waals surface area contributed by atoms with Crippen molar-refractivity contribution < 1.29 is 28.5 Å². The summed E-state index contributed by atoms with van der Waals surface area (Å²) in [5.74, 6) is 1.29. The van der Waals surface area contributed by atoms with E-state index in [-0.39, 0.29) is 5.75 Å². The third kappa shape index (κ3) is 3.35. The summed E-state index contributed by atoms with van der Waals surface area (Å²) in [6, 6.07) is 10.6. The maximum atomic E-state index is 11.2. The largest absolute Gasteiger partial charge is 0.504 e. The Hall–Kier alpha value is -3.41. The van der Waals surface area contributed by atoms with Gasteiger partial charge in [0.15, 0.2) is 22.8 Å². The van der Waals surface area contributed by atoms with Crippen molar-refractivity contribution in [3.8, 4) is 28.6 Å². The highest BCUT2D eigenvalue weighted by molar-refractivity contribution is 5.92. The summed E-state index contributed by atoms with van der Waals surface area (Å²) in [5.41, 5.74) is 1.80. The van der Waals surface area contributed by atoms with Crippen LogP contribution in [0.25, 0.3) is 28.4 Å². The molecule has 2 aromatic carbocycles. The Bertz CT molecular complexity index is 983. The number of benzene rings is 2. The average molecular weight is 354 g/mol. The summed E-state index contributed by atoms with van der Waals surface area (Å²) in [4.78, 5) is 11.2. The third-order valence-corrected chi connectivity index (χ3v) is 3.90. The van der Waals surface area contributed by atoms with E-state index >= 15 is 0 Å². The Balaban J connectivity index is 2.03. The van der Waals surface area contributed by atoms with Gasteiger partial charge in [0.05, 0.1) is 21.3 Å². The fraction of sp³-hybridized carbons (Fsp3) is 0.150. The number of hydrogen-bond acceptors (Lipinski definition) is 6. The molecule has 0 spiro atoms. The molecule has 0 aliphatic heterocycles. The molecular weight excluding hydrogens is 336 g/mol. The molecule has 0 radical (unpaired) electrons. The number of aromatic hydroxyl groups is 1. The second-order valence-electron chi connectivity index (χ2n) is 5.50. The first-order valence-electron chi connectivity index (χ1n) is 7.80. The summed E-state index contributed by atoms with van der Waals surface area (Å²) < 4.78 is 20.9. The van der Waals surface area contributed by atoms with E-state index in [1.54, 1.807) is 32.4 Å². The molecule has 0 saturated heterocycles. The van der Waals surface area contributed by atoms with Crippen LogP contribution >= 0.6 is 0 Å². The molecule has 1 aromatic heterocycles. The van der Waals surface area contributed by atoms with Crippen molar-refractivity contribution in [3.63, 3.8) is 0 Å². The van der Waals surface area contributed by atoms with Gasteiger partial charge in [-0.15, -0.1) is 0 Å². The zero-order chi connectivity index (χ0) is 18.7. The van der Waals surface area contributed by atoms with Gasteiger partial charge in [-0.2, -0.15) is 0 Å². The van der Waals surface area contributed by atoms with Crippen LogP contribution in [0.3, 0.4) is 0 Å². The lowest BCUT2D eigenvalue weighted by Crippen LogP contribution is -1.93. The van der Waals surface area contributed by atoms with Crippen LogP contribution in [0.15, 0.2) is 46.9 Å². The molecule has 0 atom stereocenters. The predicted octanol–water partition coefficient (Wildman–Crippen LogP) is 4.01. The molecule has 3 aromatic rings. The minimum absolute atomic E-state index is 0.0151. The minimum Gasteiger partial charge on any atom is -0.504 e. The molecule has 6 heteroatoms. The van der Waals surface area contributed by atoms with Gasteiger partial charge in [-0.05, 0) is 48.0 Å². The van der Waals surface area contributed by atoms with E-state index in [0.29, 0.717) is 33.8 Å². The van der Waals surface area contributed by atoms with Crippen LogP contribution in [0.1, 0.15) is 5.56 Å². The molecule has 3 rings (SSSR count). The van der Waals surface area contributed by atoms with Gasteiger partial charge < -0.3 is 23.7 Å². The normalized spacial score (nSPS) is 11.0. The first-order chi connectivity index (χ1) is 12.5. The van der Waals surface area contributed by atoms with Crippen LogP contribution in [0.2, 0.25) is 0 Å². The van der Waals surface area contributed by atoms with Gasteiger partial charge >= 0.3 is 5.97 Å². The molecule has 0 bridgehead atoms. The summed E-state index contributed by atoms with van der Waals surface area (Å²) in [5, 5.41) is 10.9. The number of carbonyl (C=O) groups is 1. The Morgan fingerprint density at radius 3 is 2.50 bits per heavy atom. The van der Waals surface area contributed by atoms with E-state index in [4.69, 9.17) is 13.9 Å². The highest BCUT2D eigenvalue weighted by Gasteiger charge is 2.13. The number of furan rings is 1. The van der Waals surface area contributed by atoms with Crippen LogP contribution in [0.4, 0.5) is 0 Å². The monoisotopic (exact) mass is 354 g/mol. The Morgan fingerprint density at radius 2 is 1.81 bits per heavy atom. The second kappa shape index (κ2) is 7.23. The predicted molar refractivity (Wildman–Crippen MR) is 97.5 cm³/mol. The highest BCUT2D eigenvalue weighted by atomic mass is 16.5. The average Bonchev–Trinajstić information content (AvgIpc) is 3.10. The van der Waals surface area contributed by atoms with E-state index in [9.17, 15) is 9.90 Å². The number of ether oxygens (including phenoxy) is 3. The first kappa shape index (κ1) is 17.4. The zero-order valence-corrected chi connectivity index (χ0v) is 14.6. The van der Waals surface area contributed by atoms with Crippen molar-refractivity contribution in [2.75, 3.05) is 21.3 Å². The number of hydrogen-bond donors (Lipinski definition) is 1. The Kier molecular flexibility index (Phi) is 4.84. The van der Waals surface area contributed by atoms with Gasteiger partial charge in [-0.1, -0.05) is 0 Å². The van der Waals surface area contributed by atoms with E-state index in [1.165, 1.54) is 19.3 Å². The van der Waals surface area contributed by atoms with Crippen molar-refractivity contribution >= 4 is 23.0 Å². The van der Waals surface area contributed by atoms with Crippen molar-refractivity contribution in [2.24, 2.45) is 0 Å². The second-order valence-corrected chi connectivity index (χ2v) is 5.50. The molecule has 1 N–H and O–H groups in total. The lowest BCUT2D eigenvalue weighted by Gasteiger charge is -2.08. The fourth-order valence-electron chi connectivity index (χ4n) is 2.62. The quantitative estimate of drug-likeness (QED) is 0.551. The van der Waals surface area contributed by atoms with Crippen LogP contribution in [0, 0.1) is 0 Å². The minimum atomic E-state index is -0.470. The summed E-state index contributed by atoms with van der Waals surface area (Å²) >= 11 is 0. The van der Waals surface area contributed by atoms with Crippen molar-refractivity contribution in [2.45, 2.75) is 0 Å². The molecular formula is C20H18O6. The number of phenolic OH excluding ortho intramolecular Hbond substituents is 1. The van der Waals surface area contributed by atoms with E-state index in [2.05, 4.69) is 4.74 Å². The lowest BCUT2D eigenvalue weighted by atomic mass is 10.1. The molecule has 0 aliphatic carbocycles. The topological polar surface area (TPSA) is 78.1 Å². The molecule has 0 unspecified atom stereocenters. The molecule has 1 heterocycles. The maximum Gasteiger partial charge on any atom is 0.330 e. The summed E-state index contributed by atoms with van der Waals surface area (Å²) in [6.07, 6.45) is 2.85. The highest BCUT2D eigenvalue weighted by Crippen LogP contribution is 2.37. The molecule has 0 fully saturated rings. The van der Waals surface area contributed by atoms with Crippen molar-refractivity contribution in [1.29, 1.82) is 0 Å². The number of carbonyl (C=O) groups excluding carboxylic acids is 1. The van der Waals surface area contributed by atoms with E-state index in [1.807, 2.05) is 18.2 Å². The number of methoxy groups -OCH3 is 3. The summed E-state index contributed by atoms with van der Waals surface area (Å²) in [7, 11) is 4.44. The van der Waals surface area contributed by atoms with Crippen molar-refractivity contribution in [1.82, 2.24) is 0 Å². The Morgan fingerprint density at radius 1 is 1.04 bits per heavy atom.